The Bertz CT molecular complexity index is 653. The fraction of sp³-hybridized carbons (Fsp3) is 0.533. The molecule has 4 nitrogen and oxygen atoms in total. The van der Waals surface area contributed by atoms with E-state index in [-0.39, 0.29) is 0 Å². The highest BCUT2D eigenvalue weighted by molar-refractivity contribution is 6.76. The van der Waals surface area contributed by atoms with Crippen molar-refractivity contribution in [2.75, 3.05) is 13.7 Å². The summed E-state index contributed by atoms with van der Waals surface area (Å²) in [7, 11) is 0.497. The number of fused-ring (bicyclic) bond motifs is 1. The number of methoxy groups -OCH3 is 1. The van der Waals surface area contributed by atoms with Crippen molar-refractivity contribution in [3.05, 3.63) is 23.0 Å². The third-order valence-corrected chi connectivity index (χ3v) is 5.76. The molecule has 2 rings (SSSR count). The van der Waals surface area contributed by atoms with E-state index < -0.39 is 8.07 Å². The van der Waals surface area contributed by atoms with Crippen LogP contribution in [0.1, 0.15) is 5.69 Å². The molecule has 0 radical (unpaired) electrons. The van der Waals surface area contributed by atoms with Crippen molar-refractivity contribution in [1.82, 2.24) is 9.55 Å². The zero-order chi connectivity index (χ0) is 16.3. The lowest BCUT2D eigenvalue weighted by Gasteiger charge is -2.17. The SMILES string of the molecule is COc1ncc(Cl)c2cc(CCl)n(COCC[Si](C)(C)C)c12. The van der Waals surface area contributed by atoms with E-state index in [1.807, 2.05) is 10.6 Å². The van der Waals surface area contributed by atoms with Crippen LogP contribution in [0.5, 0.6) is 5.88 Å². The average Bonchev–Trinajstić information content (AvgIpc) is 2.83. The molecule has 122 valence electrons. The van der Waals surface area contributed by atoms with Crippen LogP contribution in [0.25, 0.3) is 10.9 Å². The van der Waals surface area contributed by atoms with Crippen LogP contribution in [0.2, 0.25) is 30.7 Å². The van der Waals surface area contributed by atoms with Crippen molar-refractivity contribution < 1.29 is 9.47 Å². The number of halogens is 2. The Morgan fingerprint density at radius 2 is 2.05 bits per heavy atom. The zero-order valence-corrected chi connectivity index (χ0v) is 16.0. The highest BCUT2D eigenvalue weighted by Gasteiger charge is 2.17. The number of rotatable bonds is 7. The van der Waals surface area contributed by atoms with Gasteiger partial charge in [0.1, 0.15) is 12.2 Å². The van der Waals surface area contributed by atoms with Crippen molar-refractivity contribution in [3.8, 4) is 5.88 Å². The Hall–Kier alpha value is -0.753. The summed E-state index contributed by atoms with van der Waals surface area (Å²) in [5, 5.41) is 1.47. The minimum atomic E-state index is -1.10. The predicted molar refractivity (Wildman–Crippen MR) is 95.0 cm³/mol. The summed E-state index contributed by atoms with van der Waals surface area (Å²) in [4.78, 5) is 4.23. The van der Waals surface area contributed by atoms with Gasteiger partial charge >= 0.3 is 0 Å². The molecule has 0 atom stereocenters. The van der Waals surface area contributed by atoms with E-state index in [4.69, 9.17) is 32.7 Å². The molecule has 0 saturated carbocycles. The molecule has 7 heteroatoms. The quantitative estimate of drug-likeness (QED) is 0.406. The molecule has 0 saturated heterocycles. The highest BCUT2D eigenvalue weighted by Crippen LogP contribution is 2.33. The van der Waals surface area contributed by atoms with Crippen molar-refractivity contribution >= 4 is 42.2 Å². The van der Waals surface area contributed by atoms with Gasteiger partial charge in [-0.1, -0.05) is 31.2 Å². The van der Waals surface area contributed by atoms with Crippen LogP contribution in [-0.4, -0.2) is 31.3 Å². The third-order valence-electron chi connectivity index (χ3n) is 3.48. The van der Waals surface area contributed by atoms with Crippen LogP contribution in [0.4, 0.5) is 0 Å². The molecule has 2 heterocycles. The van der Waals surface area contributed by atoms with E-state index >= 15 is 0 Å². The van der Waals surface area contributed by atoms with E-state index in [1.165, 1.54) is 0 Å². The van der Waals surface area contributed by atoms with Crippen LogP contribution in [0.15, 0.2) is 12.3 Å². The lowest BCUT2D eigenvalue weighted by atomic mass is 10.3. The highest BCUT2D eigenvalue weighted by atomic mass is 35.5. The van der Waals surface area contributed by atoms with Gasteiger partial charge in [-0.05, 0) is 12.1 Å². The molecule has 0 spiro atoms. The Morgan fingerprint density at radius 1 is 1.32 bits per heavy atom. The van der Waals surface area contributed by atoms with Crippen LogP contribution >= 0.6 is 23.2 Å². The van der Waals surface area contributed by atoms with Crippen molar-refractivity contribution in [2.45, 2.75) is 38.3 Å². The predicted octanol–water partition coefficient (Wildman–Crippen LogP) is 4.75. The summed E-state index contributed by atoms with van der Waals surface area (Å²) < 4.78 is 13.2. The maximum absolute atomic E-state index is 6.24. The first-order chi connectivity index (χ1) is 10.4. The summed E-state index contributed by atoms with van der Waals surface area (Å²) in [5.74, 6) is 0.913. The zero-order valence-electron chi connectivity index (χ0n) is 13.4. The molecule has 0 unspecified atom stereocenters. The maximum Gasteiger partial charge on any atom is 0.238 e. The van der Waals surface area contributed by atoms with E-state index in [0.717, 1.165) is 29.2 Å². The van der Waals surface area contributed by atoms with Gasteiger partial charge in [0.05, 0.1) is 24.2 Å². The van der Waals surface area contributed by atoms with Gasteiger partial charge in [0, 0.05) is 25.8 Å². The molecule has 0 N–H and O–H groups in total. The monoisotopic (exact) mass is 360 g/mol. The minimum Gasteiger partial charge on any atom is -0.479 e. The molecule has 0 amide bonds. The lowest BCUT2D eigenvalue weighted by Crippen LogP contribution is -2.22. The molecule has 22 heavy (non-hydrogen) atoms. The summed E-state index contributed by atoms with van der Waals surface area (Å²) in [6, 6.07) is 3.09. The van der Waals surface area contributed by atoms with E-state index in [0.29, 0.717) is 23.5 Å². The summed E-state index contributed by atoms with van der Waals surface area (Å²) in [6.07, 6.45) is 1.59. The van der Waals surface area contributed by atoms with Crippen molar-refractivity contribution in [3.63, 3.8) is 0 Å². The van der Waals surface area contributed by atoms with Crippen LogP contribution in [-0.2, 0) is 17.3 Å². The molecule has 2 aromatic heterocycles. The van der Waals surface area contributed by atoms with Gasteiger partial charge in [-0.25, -0.2) is 4.98 Å². The lowest BCUT2D eigenvalue weighted by molar-refractivity contribution is 0.0885. The van der Waals surface area contributed by atoms with Gasteiger partial charge in [0.25, 0.3) is 0 Å². The van der Waals surface area contributed by atoms with Crippen LogP contribution in [0.3, 0.4) is 0 Å². The topological polar surface area (TPSA) is 36.3 Å². The van der Waals surface area contributed by atoms with Gasteiger partial charge in [-0.15, -0.1) is 11.6 Å². The fourth-order valence-electron chi connectivity index (χ4n) is 2.20. The second-order valence-electron chi connectivity index (χ2n) is 6.42. The van der Waals surface area contributed by atoms with Gasteiger partial charge in [0.2, 0.25) is 5.88 Å². The Kier molecular flexibility index (Phi) is 5.77. The number of hydrogen-bond acceptors (Lipinski definition) is 3. The van der Waals surface area contributed by atoms with Crippen LogP contribution in [0, 0.1) is 0 Å². The molecule has 0 aromatic carbocycles. The van der Waals surface area contributed by atoms with Gasteiger partial charge in [0.15, 0.2) is 0 Å². The number of pyridine rings is 1. The third kappa shape index (κ3) is 3.96. The second kappa shape index (κ2) is 7.21. The first-order valence-corrected chi connectivity index (χ1v) is 11.8. The molecule has 0 aliphatic rings. The maximum atomic E-state index is 6.24. The molecular weight excluding hydrogens is 339 g/mol. The molecule has 2 aromatic rings. The Labute approximate surface area is 142 Å². The summed E-state index contributed by atoms with van der Waals surface area (Å²) >= 11 is 12.3. The minimum absolute atomic E-state index is 0.381. The first kappa shape index (κ1) is 17.6. The van der Waals surface area contributed by atoms with Gasteiger partial charge in [-0.2, -0.15) is 0 Å². The summed E-state index contributed by atoms with van der Waals surface area (Å²) in [5.41, 5.74) is 1.77. The molecule has 0 bridgehead atoms. The van der Waals surface area contributed by atoms with Crippen molar-refractivity contribution in [2.24, 2.45) is 0 Å². The number of hydrogen-bond donors (Lipinski definition) is 0. The number of ether oxygens (including phenoxy) is 2. The number of aromatic nitrogens is 2. The van der Waals surface area contributed by atoms with Gasteiger partial charge in [-0.3, -0.25) is 0 Å². The molecule has 0 aliphatic heterocycles. The summed E-state index contributed by atoms with van der Waals surface area (Å²) in [6.45, 7) is 8.16. The average molecular weight is 361 g/mol. The van der Waals surface area contributed by atoms with E-state index in [2.05, 4.69) is 24.6 Å². The Morgan fingerprint density at radius 3 is 2.64 bits per heavy atom. The standard InChI is InChI=1S/C15H22Cl2N2O2Si/c1-20-15-14-12(13(17)9-18-15)7-11(8-16)19(14)10-21-5-6-22(2,3)4/h7,9H,5-6,8,10H2,1-4H3. The van der Waals surface area contributed by atoms with Crippen LogP contribution < -0.4 is 4.74 Å². The smallest absolute Gasteiger partial charge is 0.238 e. The van der Waals surface area contributed by atoms with E-state index in [1.54, 1.807) is 13.3 Å². The molecule has 0 fully saturated rings. The molecular formula is C15H22Cl2N2O2Si. The van der Waals surface area contributed by atoms with Crippen molar-refractivity contribution in [1.29, 1.82) is 0 Å². The molecule has 0 aliphatic carbocycles. The normalized spacial score (nSPS) is 12.1. The number of nitrogens with zero attached hydrogens (tertiary/aromatic N) is 2. The van der Waals surface area contributed by atoms with Gasteiger partial charge < -0.3 is 14.0 Å². The largest absolute Gasteiger partial charge is 0.479 e. The fourth-order valence-corrected chi connectivity index (χ4v) is 3.37. The Balaban J connectivity index is 2.29. The number of alkyl halides is 1. The first-order valence-electron chi connectivity index (χ1n) is 7.21. The van der Waals surface area contributed by atoms with E-state index in [9.17, 15) is 0 Å². The second-order valence-corrected chi connectivity index (χ2v) is 12.7.